The van der Waals surface area contributed by atoms with Gasteiger partial charge in [0.15, 0.2) is 0 Å². The molecule has 0 aliphatic heterocycles. The summed E-state index contributed by atoms with van der Waals surface area (Å²) < 4.78 is 21.0. The van der Waals surface area contributed by atoms with E-state index in [1.54, 1.807) is 18.2 Å². The van der Waals surface area contributed by atoms with Crippen LogP contribution in [0, 0.1) is 17.8 Å². The number of esters is 2. The van der Waals surface area contributed by atoms with E-state index in [9.17, 15) is 9.59 Å². The highest BCUT2D eigenvalue weighted by Crippen LogP contribution is 2.37. The van der Waals surface area contributed by atoms with Crippen molar-refractivity contribution >= 4 is 11.9 Å². The summed E-state index contributed by atoms with van der Waals surface area (Å²) in [5.41, 5.74) is 4.96. The van der Waals surface area contributed by atoms with Gasteiger partial charge in [0, 0.05) is 19.8 Å². The van der Waals surface area contributed by atoms with Crippen molar-refractivity contribution < 1.29 is 28.5 Å². The van der Waals surface area contributed by atoms with E-state index in [0.717, 1.165) is 22.6 Å². The zero-order valence-corrected chi connectivity index (χ0v) is 26.5. The van der Waals surface area contributed by atoms with Crippen molar-refractivity contribution in [3.05, 3.63) is 108 Å². The molecule has 1 aliphatic carbocycles. The smallest absolute Gasteiger partial charge is 0.341 e. The van der Waals surface area contributed by atoms with E-state index in [2.05, 4.69) is 56.2 Å². The summed E-state index contributed by atoms with van der Waals surface area (Å²) in [6.45, 7) is 9.87. The number of benzene rings is 3. The average Bonchev–Trinajstić information content (AvgIpc) is 3.05. The second-order valence-electron chi connectivity index (χ2n) is 11.5. The van der Waals surface area contributed by atoms with Crippen molar-refractivity contribution in [2.75, 3.05) is 27.4 Å². The number of carbonyl (C=O) groups excluding carboxylic acids is 2. The van der Waals surface area contributed by atoms with Crippen LogP contribution >= 0.6 is 0 Å². The van der Waals surface area contributed by atoms with Crippen LogP contribution < -0.4 is 9.47 Å². The second kappa shape index (κ2) is 16.6. The number of rotatable bonds is 12. The average molecular weight is 607 g/mol. The molecular weight excluding hydrogens is 564 g/mol. The quantitative estimate of drug-likeness (QED) is 0.0900. The number of hydrogen-bond acceptors (Lipinski definition) is 6. The number of carbonyl (C=O) groups is 2. The Labute approximate surface area is 267 Å². The first-order chi connectivity index (χ1) is 21.8. The van der Waals surface area contributed by atoms with Crippen molar-refractivity contribution in [2.24, 2.45) is 5.92 Å². The molecule has 1 aliphatic rings. The molecule has 0 amide bonds. The molecule has 0 unspecified atom stereocenters. The Bertz CT molecular complexity index is 1550. The molecular formula is C39H42O6. The van der Waals surface area contributed by atoms with Crippen LogP contribution in [0.5, 0.6) is 11.5 Å². The number of ether oxygens (including phenoxy) is 4. The van der Waals surface area contributed by atoms with Crippen LogP contribution in [0.4, 0.5) is 0 Å². The van der Waals surface area contributed by atoms with Crippen molar-refractivity contribution in [1.29, 1.82) is 0 Å². The van der Waals surface area contributed by atoms with Gasteiger partial charge in [0.25, 0.3) is 0 Å². The molecule has 6 nitrogen and oxygen atoms in total. The fourth-order valence-corrected chi connectivity index (χ4v) is 5.60. The first-order valence-electron chi connectivity index (χ1n) is 15.5. The molecule has 3 aromatic rings. The molecule has 0 heterocycles. The molecule has 0 radical (unpaired) electrons. The molecule has 234 valence electrons. The molecule has 0 aromatic heterocycles. The summed E-state index contributed by atoms with van der Waals surface area (Å²) in [6.07, 6.45) is 7.73. The first kappa shape index (κ1) is 33.5. The molecule has 0 bridgehead atoms. The van der Waals surface area contributed by atoms with Crippen molar-refractivity contribution in [1.82, 2.24) is 0 Å². The van der Waals surface area contributed by atoms with Gasteiger partial charge in [0.05, 0.1) is 29.9 Å². The largest absolute Gasteiger partial charge is 0.423 e. The third kappa shape index (κ3) is 9.52. The van der Waals surface area contributed by atoms with Gasteiger partial charge >= 0.3 is 11.9 Å². The van der Waals surface area contributed by atoms with Crippen LogP contribution in [0.3, 0.4) is 0 Å². The third-order valence-corrected chi connectivity index (χ3v) is 8.06. The topological polar surface area (TPSA) is 71.1 Å². The predicted octanol–water partition coefficient (Wildman–Crippen LogP) is 8.04. The van der Waals surface area contributed by atoms with Crippen molar-refractivity contribution in [3.8, 4) is 34.5 Å². The monoisotopic (exact) mass is 606 g/mol. The zero-order valence-electron chi connectivity index (χ0n) is 26.5. The summed E-state index contributed by atoms with van der Waals surface area (Å²) in [6, 6.07) is 21.1. The summed E-state index contributed by atoms with van der Waals surface area (Å²) >= 11 is 0. The maximum absolute atomic E-state index is 12.6. The fourth-order valence-electron chi connectivity index (χ4n) is 5.60. The lowest BCUT2D eigenvalue weighted by molar-refractivity contribution is -0.131. The molecule has 1 fully saturated rings. The van der Waals surface area contributed by atoms with E-state index in [4.69, 9.17) is 18.9 Å². The minimum absolute atomic E-state index is 0.0697. The Morgan fingerprint density at radius 3 is 1.96 bits per heavy atom. The van der Waals surface area contributed by atoms with Gasteiger partial charge in [-0.3, -0.25) is 0 Å². The molecule has 3 aromatic carbocycles. The van der Waals surface area contributed by atoms with Crippen molar-refractivity contribution in [2.45, 2.75) is 51.4 Å². The molecule has 6 heteroatoms. The first-order valence-corrected chi connectivity index (χ1v) is 15.5. The summed E-state index contributed by atoms with van der Waals surface area (Å²) in [5.74, 6) is 7.56. The van der Waals surface area contributed by atoms with Crippen LogP contribution in [-0.4, -0.2) is 39.4 Å². The van der Waals surface area contributed by atoms with Gasteiger partial charge in [-0.25, -0.2) is 9.59 Å². The van der Waals surface area contributed by atoms with Crippen LogP contribution in [0.15, 0.2) is 91.0 Å². The maximum atomic E-state index is 12.6. The van der Waals surface area contributed by atoms with E-state index in [1.807, 2.05) is 24.3 Å². The van der Waals surface area contributed by atoms with Crippen LogP contribution in [0.1, 0.15) is 68.1 Å². The van der Waals surface area contributed by atoms with Crippen LogP contribution in [-0.2, 0) is 19.1 Å². The van der Waals surface area contributed by atoms with Gasteiger partial charge in [-0.1, -0.05) is 75.1 Å². The third-order valence-electron chi connectivity index (χ3n) is 8.06. The van der Waals surface area contributed by atoms with Gasteiger partial charge in [-0.2, -0.15) is 0 Å². The Morgan fingerprint density at radius 1 is 0.756 bits per heavy atom. The highest BCUT2D eigenvalue weighted by Gasteiger charge is 2.21. The lowest BCUT2D eigenvalue weighted by atomic mass is 9.77. The molecule has 0 N–H and O–H groups in total. The highest BCUT2D eigenvalue weighted by molar-refractivity contribution is 5.90. The van der Waals surface area contributed by atoms with E-state index in [0.29, 0.717) is 23.0 Å². The normalized spacial score (nSPS) is 15.8. The Balaban J connectivity index is 1.55. The molecule has 0 atom stereocenters. The van der Waals surface area contributed by atoms with Gasteiger partial charge in [-0.15, -0.1) is 0 Å². The van der Waals surface area contributed by atoms with Gasteiger partial charge < -0.3 is 18.9 Å². The number of methoxy groups -OCH3 is 2. The highest BCUT2D eigenvalue weighted by atomic mass is 16.5. The van der Waals surface area contributed by atoms with Crippen LogP contribution in [0.25, 0.3) is 11.1 Å². The molecule has 0 saturated heterocycles. The molecule has 4 rings (SSSR count). The lowest BCUT2D eigenvalue weighted by Crippen LogP contribution is -2.14. The minimum atomic E-state index is -0.577. The molecule has 1 saturated carbocycles. The van der Waals surface area contributed by atoms with Crippen molar-refractivity contribution in [3.63, 3.8) is 0 Å². The lowest BCUT2D eigenvalue weighted by Gasteiger charge is -2.28. The van der Waals surface area contributed by atoms with Gasteiger partial charge in [0.1, 0.15) is 11.5 Å². The Morgan fingerprint density at radius 2 is 1.36 bits per heavy atom. The van der Waals surface area contributed by atoms with Gasteiger partial charge in [0.2, 0.25) is 0 Å². The predicted molar refractivity (Wildman–Crippen MR) is 177 cm³/mol. The van der Waals surface area contributed by atoms with E-state index < -0.39 is 11.9 Å². The standard InChI is InChI=1S/C39H42O6/c1-6-7-29-8-13-31(14-9-29)32-15-10-30(11-16-32)12-17-35-24-34(20-23-37(35)45-39(41)28(3)26-43-5)33-18-21-36(22-19-33)44-38(40)27(2)25-42-4/h10-11,15-16,18-24,29,31H,2-3,6-9,13-14,25-26H2,1,4-5H3. The zero-order chi connectivity index (χ0) is 32.2. The minimum Gasteiger partial charge on any atom is -0.423 e. The Hall–Kier alpha value is -4.44. The summed E-state index contributed by atoms with van der Waals surface area (Å²) in [7, 11) is 2.98. The van der Waals surface area contributed by atoms with E-state index in [1.165, 1.54) is 58.3 Å². The van der Waals surface area contributed by atoms with E-state index >= 15 is 0 Å². The van der Waals surface area contributed by atoms with Gasteiger partial charge in [-0.05, 0) is 90.6 Å². The Kier molecular flexibility index (Phi) is 12.3. The maximum Gasteiger partial charge on any atom is 0.341 e. The fraction of sp³-hybridized carbons (Fsp3) is 0.333. The second-order valence-corrected chi connectivity index (χ2v) is 11.5. The SMILES string of the molecule is C=C(COC)C(=O)Oc1ccc(-c2ccc(OC(=O)C(=C)COC)c(C#Cc3ccc(C4CCC(CCC)CC4)cc3)c2)cc1. The molecule has 45 heavy (non-hydrogen) atoms. The summed E-state index contributed by atoms with van der Waals surface area (Å²) in [5, 5.41) is 0. The number of hydrogen-bond donors (Lipinski definition) is 0. The summed E-state index contributed by atoms with van der Waals surface area (Å²) in [4.78, 5) is 24.8. The molecule has 0 spiro atoms. The van der Waals surface area contributed by atoms with Crippen LogP contribution in [0.2, 0.25) is 0 Å². The van der Waals surface area contributed by atoms with E-state index in [-0.39, 0.29) is 24.4 Å².